The highest BCUT2D eigenvalue weighted by atomic mass is 127. The Balaban J connectivity index is 0.00000341. The van der Waals surface area contributed by atoms with E-state index in [1.165, 1.54) is 37.7 Å². The van der Waals surface area contributed by atoms with Crippen LogP contribution in [0.2, 0.25) is 0 Å². The topological polar surface area (TPSA) is 76.4 Å². The van der Waals surface area contributed by atoms with Crippen LogP contribution < -0.4 is 15.4 Å². The Kier molecular flexibility index (Phi) is 9.58. The van der Waals surface area contributed by atoms with Crippen LogP contribution in [0.5, 0.6) is 5.75 Å². The lowest BCUT2D eigenvalue weighted by Gasteiger charge is -2.29. The van der Waals surface area contributed by atoms with Crippen molar-refractivity contribution in [2.24, 2.45) is 12.0 Å². The molecule has 0 unspecified atom stereocenters. The molecule has 7 nitrogen and oxygen atoms in total. The third kappa shape index (κ3) is 7.08. The summed E-state index contributed by atoms with van der Waals surface area (Å²) in [7, 11) is 3.69. The molecule has 31 heavy (non-hydrogen) atoms. The Morgan fingerprint density at radius 2 is 1.97 bits per heavy atom. The molecule has 1 aromatic heterocycles. The number of aryl methyl sites for hydroxylation is 1. The Bertz CT molecular complexity index is 858. The Morgan fingerprint density at radius 1 is 1.23 bits per heavy atom. The van der Waals surface area contributed by atoms with Crippen LogP contribution in [-0.4, -0.2) is 40.4 Å². The zero-order chi connectivity index (χ0) is 21.6. The third-order valence-corrected chi connectivity index (χ3v) is 6.06. The van der Waals surface area contributed by atoms with Gasteiger partial charge in [0.05, 0.1) is 7.11 Å². The number of rotatable bonds is 7. The van der Waals surface area contributed by atoms with Crippen LogP contribution in [-0.2, 0) is 19.0 Å². The van der Waals surface area contributed by atoms with E-state index in [1.807, 2.05) is 30.7 Å². The number of nitrogens with zero attached hydrogens (tertiary/aromatic N) is 4. The minimum absolute atomic E-state index is 0. The molecule has 0 saturated heterocycles. The second-order valence-corrected chi connectivity index (χ2v) is 8.84. The van der Waals surface area contributed by atoms with Gasteiger partial charge in [0.15, 0.2) is 11.8 Å². The van der Waals surface area contributed by atoms with Gasteiger partial charge in [-0.05, 0) is 37.5 Å². The Labute approximate surface area is 203 Å². The van der Waals surface area contributed by atoms with E-state index in [0.29, 0.717) is 12.6 Å². The van der Waals surface area contributed by atoms with E-state index < -0.39 is 0 Å². The maximum atomic E-state index is 5.41. The summed E-state index contributed by atoms with van der Waals surface area (Å²) in [6, 6.07) is 8.76. The van der Waals surface area contributed by atoms with Gasteiger partial charge < -0.3 is 19.9 Å². The maximum Gasteiger partial charge on any atom is 0.191 e. The highest BCUT2D eigenvalue weighted by Crippen LogP contribution is 2.26. The van der Waals surface area contributed by atoms with Gasteiger partial charge in [-0.25, -0.2) is 4.99 Å². The van der Waals surface area contributed by atoms with Crippen molar-refractivity contribution in [3.05, 3.63) is 41.5 Å². The first-order chi connectivity index (χ1) is 14.4. The molecule has 3 rings (SSSR count). The molecule has 0 aliphatic heterocycles. The second-order valence-electron chi connectivity index (χ2n) is 8.84. The summed E-state index contributed by atoms with van der Waals surface area (Å²) in [4.78, 5) is 4.84. The SMILES string of the molecule is COc1cccc(C(C)(C)CNC(=NCc2nnc(C)n2C)NC2CCCCC2)c1.I. The molecule has 0 radical (unpaired) electrons. The quantitative estimate of drug-likeness (QED) is 0.314. The first-order valence-electron chi connectivity index (χ1n) is 10.9. The van der Waals surface area contributed by atoms with E-state index in [9.17, 15) is 0 Å². The summed E-state index contributed by atoms with van der Waals surface area (Å²) in [5, 5.41) is 15.6. The summed E-state index contributed by atoms with van der Waals surface area (Å²) in [6.45, 7) is 7.68. The number of hydrogen-bond donors (Lipinski definition) is 2. The van der Waals surface area contributed by atoms with Crippen molar-refractivity contribution in [2.45, 2.75) is 70.9 Å². The van der Waals surface area contributed by atoms with E-state index >= 15 is 0 Å². The zero-order valence-electron chi connectivity index (χ0n) is 19.4. The van der Waals surface area contributed by atoms with E-state index in [4.69, 9.17) is 9.73 Å². The molecule has 0 spiro atoms. The molecular formula is C23H37IN6O. The van der Waals surface area contributed by atoms with Crippen LogP contribution in [0, 0.1) is 6.92 Å². The van der Waals surface area contributed by atoms with Crippen molar-refractivity contribution in [3.8, 4) is 5.75 Å². The molecule has 0 atom stereocenters. The van der Waals surface area contributed by atoms with Crippen molar-refractivity contribution in [3.63, 3.8) is 0 Å². The fourth-order valence-corrected chi connectivity index (χ4v) is 3.78. The average Bonchev–Trinajstić information content (AvgIpc) is 3.08. The van der Waals surface area contributed by atoms with Crippen LogP contribution >= 0.6 is 24.0 Å². The molecular weight excluding hydrogens is 503 g/mol. The fourth-order valence-electron chi connectivity index (χ4n) is 3.78. The van der Waals surface area contributed by atoms with Gasteiger partial charge in [0.2, 0.25) is 0 Å². The first kappa shape index (κ1) is 25.4. The normalized spacial score (nSPS) is 15.3. The van der Waals surface area contributed by atoms with Crippen LogP contribution in [0.1, 0.15) is 63.2 Å². The van der Waals surface area contributed by atoms with Gasteiger partial charge in [0, 0.05) is 25.0 Å². The van der Waals surface area contributed by atoms with E-state index in [0.717, 1.165) is 29.9 Å². The van der Waals surface area contributed by atoms with Gasteiger partial charge in [-0.1, -0.05) is 45.2 Å². The molecule has 1 heterocycles. The predicted molar refractivity (Wildman–Crippen MR) is 136 cm³/mol. The molecule has 172 valence electrons. The second kappa shape index (κ2) is 11.7. The van der Waals surface area contributed by atoms with Gasteiger partial charge in [-0.15, -0.1) is 34.2 Å². The lowest BCUT2D eigenvalue weighted by Crippen LogP contribution is -2.47. The fraction of sp³-hybridized carbons (Fsp3) is 0.609. The predicted octanol–water partition coefficient (Wildman–Crippen LogP) is 4.10. The van der Waals surface area contributed by atoms with Gasteiger partial charge in [-0.3, -0.25) is 0 Å². The number of guanidine groups is 1. The van der Waals surface area contributed by atoms with Gasteiger partial charge in [0.25, 0.3) is 0 Å². The van der Waals surface area contributed by atoms with E-state index in [-0.39, 0.29) is 29.4 Å². The van der Waals surface area contributed by atoms with Crippen LogP contribution in [0.4, 0.5) is 0 Å². The Hall–Kier alpha value is -1.84. The Morgan fingerprint density at radius 3 is 2.61 bits per heavy atom. The number of ether oxygens (including phenoxy) is 1. The number of nitrogens with one attached hydrogen (secondary N) is 2. The number of hydrogen-bond acceptors (Lipinski definition) is 4. The van der Waals surface area contributed by atoms with Gasteiger partial charge in [-0.2, -0.15) is 0 Å². The van der Waals surface area contributed by atoms with E-state index in [1.54, 1.807) is 7.11 Å². The van der Waals surface area contributed by atoms with E-state index in [2.05, 4.69) is 46.8 Å². The minimum Gasteiger partial charge on any atom is -0.497 e. The lowest BCUT2D eigenvalue weighted by molar-refractivity contribution is 0.405. The van der Waals surface area contributed by atoms with Crippen molar-refractivity contribution < 1.29 is 4.74 Å². The van der Waals surface area contributed by atoms with Crippen LogP contribution in [0.3, 0.4) is 0 Å². The van der Waals surface area contributed by atoms with Crippen LogP contribution in [0.25, 0.3) is 0 Å². The highest BCUT2D eigenvalue weighted by Gasteiger charge is 2.23. The van der Waals surface area contributed by atoms with Crippen molar-refractivity contribution in [2.75, 3.05) is 13.7 Å². The molecule has 8 heteroatoms. The number of methoxy groups -OCH3 is 1. The third-order valence-electron chi connectivity index (χ3n) is 6.06. The monoisotopic (exact) mass is 540 g/mol. The molecule has 1 aromatic carbocycles. The van der Waals surface area contributed by atoms with Crippen molar-refractivity contribution >= 4 is 29.9 Å². The molecule has 1 saturated carbocycles. The summed E-state index contributed by atoms with van der Waals surface area (Å²) in [6.07, 6.45) is 6.29. The highest BCUT2D eigenvalue weighted by molar-refractivity contribution is 14.0. The molecule has 2 aromatic rings. The summed E-state index contributed by atoms with van der Waals surface area (Å²) < 4.78 is 7.39. The summed E-state index contributed by atoms with van der Waals surface area (Å²) in [5.41, 5.74) is 1.15. The van der Waals surface area contributed by atoms with Crippen molar-refractivity contribution in [1.82, 2.24) is 25.4 Å². The van der Waals surface area contributed by atoms with Gasteiger partial charge in [0.1, 0.15) is 18.1 Å². The lowest BCUT2D eigenvalue weighted by atomic mass is 9.84. The summed E-state index contributed by atoms with van der Waals surface area (Å²) >= 11 is 0. The standard InChI is InChI=1S/C23H36N6O.HI/c1-17-27-28-21(29(17)4)15-24-22(26-19-11-7-6-8-12-19)25-16-23(2,3)18-10-9-13-20(14-18)30-5;/h9-10,13-14,19H,6-8,11-12,15-16H2,1-5H3,(H2,24,25,26);1H. The number of halogens is 1. The largest absolute Gasteiger partial charge is 0.497 e. The molecule has 1 fully saturated rings. The molecule has 2 N–H and O–H groups in total. The first-order valence-corrected chi connectivity index (χ1v) is 10.9. The molecule has 1 aliphatic carbocycles. The summed E-state index contributed by atoms with van der Waals surface area (Å²) in [5.74, 6) is 3.49. The van der Waals surface area contributed by atoms with Crippen molar-refractivity contribution in [1.29, 1.82) is 0 Å². The maximum absolute atomic E-state index is 5.41. The minimum atomic E-state index is -0.0785. The number of aliphatic imine (C=N–C) groups is 1. The van der Waals surface area contributed by atoms with Crippen LogP contribution in [0.15, 0.2) is 29.3 Å². The average molecular weight is 540 g/mol. The number of benzene rings is 1. The molecule has 0 amide bonds. The zero-order valence-corrected chi connectivity index (χ0v) is 21.8. The smallest absolute Gasteiger partial charge is 0.191 e. The number of aromatic nitrogens is 3. The molecule has 1 aliphatic rings. The van der Waals surface area contributed by atoms with Gasteiger partial charge >= 0.3 is 0 Å². The molecule has 0 bridgehead atoms.